The molecule has 0 aliphatic carbocycles. The predicted octanol–water partition coefficient (Wildman–Crippen LogP) is 3.00. The Morgan fingerprint density at radius 2 is 2.30 bits per heavy atom. The van der Waals surface area contributed by atoms with Crippen LogP contribution in [-0.2, 0) is 4.79 Å². The van der Waals surface area contributed by atoms with Gasteiger partial charge in [0.05, 0.1) is 6.20 Å². The standard InChI is InChI=1S/C13H13ClN4OS/c1-10(19)20-7-3-2-4-11-8-15-18(9-11)13-6-5-12(14)16-17-13/h2,4-6,8-9H,3,7H2,1H3. The first-order valence-corrected chi connectivity index (χ1v) is 7.35. The molecule has 2 heterocycles. The first-order chi connectivity index (χ1) is 9.65. The van der Waals surface area contributed by atoms with E-state index < -0.39 is 0 Å². The van der Waals surface area contributed by atoms with Gasteiger partial charge in [0.2, 0.25) is 0 Å². The smallest absolute Gasteiger partial charge is 0.185 e. The molecule has 0 fully saturated rings. The Morgan fingerprint density at radius 3 is 3.00 bits per heavy atom. The second-order valence-corrected chi connectivity index (χ2v) is 5.62. The number of allylic oxidation sites excluding steroid dienone is 1. The van der Waals surface area contributed by atoms with Gasteiger partial charge < -0.3 is 0 Å². The molecule has 2 aromatic rings. The molecule has 2 aromatic heterocycles. The van der Waals surface area contributed by atoms with Crippen LogP contribution in [0.5, 0.6) is 0 Å². The van der Waals surface area contributed by atoms with E-state index in [9.17, 15) is 4.79 Å². The second-order valence-electron chi connectivity index (χ2n) is 3.96. The largest absolute Gasteiger partial charge is 0.288 e. The van der Waals surface area contributed by atoms with Gasteiger partial charge in [-0.2, -0.15) is 5.10 Å². The van der Waals surface area contributed by atoms with Crippen molar-refractivity contribution in [2.24, 2.45) is 0 Å². The summed E-state index contributed by atoms with van der Waals surface area (Å²) in [4.78, 5) is 10.8. The van der Waals surface area contributed by atoms with E-state index in [2.05, 4.69) is 15.3 Å². The number of nitrogens with zero attached hydrogens (tertiary/aromatic N) is 4. The van der Waals surface area contributed by atoms with Crippen LogP contribution in [0.25, 0.3) is 11.9 Å². The summed E-state index contributed by atoms with van der Waals surface area (Å²) in [6.45, 7) is 1.57. The first kappa shape index (κ1) is 14.7. The van der Waals surface area contributed by atoms with Crippen LogP contribution in [0.2, 0.25) is 5.15 Å². The third kappa shape index (κ3) is 4.47. The van der Waals surface area contributed by atoms with Crippen LogP contribution in [-0.4, -0.2) is 30.8 Å². The zero-order chi connectivity index (χ0) is 14.4. The first-order valence-electron chi connectivity index (χ1n) is 5.99. The molecule has 0 saturated heterocycles. The number of halogens is 1. The fourth-order valence-electron chi connectivity index (χ4n) is 1.47. The molecule has 0 aliphatic heterocycles. The Morgan fingerprint density at radius 1 is 1.45 bits per heavy atom. The highest BCUT2D eigenvalue weighted by molar-refractivity contribution is 8.13. The molecule has 0 saturated carbocycles. The van der Waals surface area contributed by atoms with Crippen molar-refractivity contribution in [2.45, 2.75) is 13.3 Å². The minimum Gasteiger partial charge on any atom is -0.288 e. The number of rotatable bonds is 5. The van der Waals surface area contributed by atoms with Crippen LogP contribution in [0, 0.1) is 0 Å². The van der Waals surface area contributed by atoms with E-state index in [1.165, 1.54) is 11.8 Å². The molecule has 104 valence electrons. The van der Waals surface area contributed by atoms with Gasteiger partial charge in [-0.3, -0.25) is 4.79 Å². The molecular weight excluding hydrogens is 296 g/mol. The summed E-state index contributed by atoms with van der Waals surface area (Å²) in [5.41, 5.74) is 0.967. The summed E-state index contributed by atoms with van der Waals surface area (Å²) in [6, 6.07) is 3.42. The highest BCUT2D eigenvalue weighted by atomic mass is 35.5. The van der Waals surface area contributed by atoms with Gasteiger partial charge in [0.15, 0.2) is 16.1 Å². The molecule has 0 aromatic carbocycles. The van der Waals surface area contributed by atoms with Crippen molar-refractivity contribution < 1.29 is 4.79 Å². The molecule has 0 aliphatic rings. The SMILES string of the molecule is CC(=O)SCCC=Cc1cnn(-c2ccc(Cl)nn2)c1. The highest BCUT2D eigenvalue weighted by Crippen LogP contribution is 2.10. The van der Waals surface area contributed by atoms with Crippen molar-refractivity contribution in [1.82, 2.24) is 20.0 Å². The van der Waals surface area contributed by atoms with Crippen molar-refractivity contribution >= 4 is 34.6 Å². The number of carbonyl (C=O) groups excluding carboxylic acids is 1. The lowest BCUT2D eigenvalue weighted by Gasteiger charge is -1.97. The van der Waals surface area contributed by atoms with Crippen molar-refractivity contribution in [2.75, 3.05) is 5.75 Å². The van der Waals surface area contributed by atoms with Gasteiger partial charge >= 0.3 is 0 Å². The quantitative estimate of drug-likeness (QED) is 0.795. The third-order valence-electron chi connectivity index (χ3n) is 2.36. The Balaban J connectivity index is 1.93. The Hall–Kier alpha value is -1.66. The van der Waals surface area contributed by atoms with Gasteiger partial charge in [0, 0.05) is 24.4 Å². The number of hydrogen-bond donors (Lipinski definition) is 0. The van der Waals surface area contributed by atoms with Crippen LogP contribution < -0.4 is 0 Å². The average Bonchev–Trinajstić information content (AvgIpc) is 2.87. The van der Waals surface area contributed by atoms with Crippen LogP contribution in [0.1, 0.15) is 18.9 Å². The van der Waals surface area contributed by atoms with Crippen LogP contribution in [0.3, 0.4) is 0 Å². The molecule has 0 amide bonds. The molecule has 0 N–H and O–H groups in total. The van der Waals surface area contributed by atoms with Gasteiger partial charge in [0.1, 0.15) is 0 Å². The molecule has 2 rings (SSSR count). The molecule has 0 spiro atoms. The summed E-state index contributed by atoms with van der Waals surface area (Å²) >= 11 is 7.01. The normalized spacial score (nSPS) is 11.1. The number of hydrogen-bond acceptors (Lipinski definition) is 5. The Labute approximate surface area is 126 Å². The summed E-state index contributed by atoms with van der Waals surface area (Å²) in [5.74, 6) is 1.41. The number of thioether (sulfide) groups is 1. The molecule has 20 heavy (non-hydrogen) atoms. The minimum absolute atomic E-state index is 0.146. The van der Waals surface area contributed by atoms with E-state index in [1.54, 1.807) is 29.9 Å². The lowest BCUT2D eigenvalue weighted by molar-refractivity contribution is -0.109. The minimum atomic E-state index is 0.146. The van der Waals surface area contributed by atoms with E-state index in [0.717, 1.165) is 17.7 Å². The number of aromatic nitrogens is 4. The van der Waals surface area contributed by atoms with E-state index in [1.807, 2.05) is 18.3 Å². The van der Waals surface area contributed by atoms with Crippen LogP contribution in [0.4, 0.5) is 0 Å². The van der Waals surface area contributed by atoms with E-state index >= 15 is 0 Å². The summed E-state index contributed by atoms with van der Waals surface area (Å²) in [6.07, 6.45) is 8.42. The van der Waals surface area contributed by atoms with Crippen molar-refractivity contribution in [3.8, 4) is 5.82 Å². The maximum atomic E-state index is 10.8. The maximum Gasteiger partial charge on any atom is 0.185 e. The molecular formula is C13H13ClN4OS. The molecule has 0 bridgehead atoms. The van der Waals surface area contributed by atoms with Crippen molar-refractivity contribution in [1.29, 1.82) is 0 Å². The molecule has 0 atom stereocenters. The average molecular weight is 309 g/mol. The lowest BCUT2D eigenvalue weighted by Crippen LogP contribution is -1.98. The lowest BCUT2D eigenvalue weighted by atomic mass is 10.3. The highest BCUT2D eigenvalue weighted by Gasteiger charge is 2.01. The number of carbonyl (C=O) groups is 1. The molecule has 7 heteroatoms. The van der Waals surface area contributed by atoms with Crippen molar-refractivity contribution in [3.05, 3.63) is 41.3 Å². The predicted molar refractivity (Wildman–Crippen MR) is 81.0 cm³/mol. The van der Waals surface area contributed by atoms with Crippen LogP contribution in [0.15, 0.2) is 30.6 Å². The fourth-order valence-corrected chi connectivity index (χ4v) is 2.11. The van der Waals surface area contributed by atoms with E-state index in [4.69, 9.17) is 11.6 Å². The maximum absolute atomic E-state index is 10.8. The zero-order valence-electron chi connectivity index (χ0n) is 10.9. The monoisotopic (exact) mass is 308 g/mol. The third-order valence-corrected chi connectivity index (χ3v) is 3.40. The molecule has 0 radical (unpaired) electrons. The molecule has 0 unspecified atom stereocenters. The topological polar surface area (TPSA) is 60.7 Å². The second kappa shape index (κ2) is 7.21. The summed E-state index contributed by atoms with van der Waals surface area (Å²) in [5, 5.41) is 12.4. The summed E-state index contributed by atoms with van der Waals surface area (Å²) in [7, 11) is 0. The van der Waals surface area contributed by atoms with E-state index in [-0.39, 0.29) is 5.12 Å². The molecule has 5 nitrogen and oxygen atoms in total. The van der Waals surface area contributed by atoms with E-state index in [0.29, 0.717) is 11.0 Å². The van der Waals surface area contributed by atoms with Crippen molar-refractivity contribution in [3.63, 3.8) is 0 Å². The van der Waals surface area contributed by atoms with Gasteiger partial charge in [-0.1, -0.05) is 35.5 Å². The van der Waals surface area contributed by atoms with Gasteiger partial charge in [-0.25, -0.2) is 4.68 Å². The summed E-state index contributed by atoms with van der Waals surface area (Å²) < 4.78 is 1.63. The Bertz CT molecular complexity index is 609. The van der Waals surface area contributed by atoms with Gasteiger partial charge in [0.25, 0.3) is 0 Å². The van der Waals surface area contributed by atoms with Crippen LogP contribution >= 0.6 is 23.4 Å². The van der Waals surface area contributed by atoms with Gasteiger partial charge in [-0.15, -0.1) is 10.2 Å². The van der Waals surface area contributed by atoms with Gasteiger partial charge in [-0.05, 0) is 18.6 Å². The Kier molecular flexibility index (Phi) is 5.31. The fraction of sp³-hybridized carbons (Fsp3) is 0.231. The zero-order valence-corrected chi connectivity index (χ0v) is 12.4.